The molecule has 1 aliphatic heterocycles. The first kappa shape index (κ1) is 17.9. The Balaban J connectivity index is 1.60. The van der Waals surface area contributed by atoms with Crippen molar-refractivity contribution >= 4 is 22.3 Å². The molecule has 0 radical (unpaired) electrons. The van der Waals surface area contributed by atoms with Gasteiger partial charge in [-0.2, -0.15) is 5.26 Å². The Labute approximate surface area is 163 Å². The van der Waals surface area contributed by atoms with Crippen LogP contribution in [0.3, 0.4) is 0 Å². The van der Waals surface area contributed by atoms with Crippen molar-refractivity contribution < 1.29 is 4.74 Å². The van der Waals surface area contributed by atoms with Gasteiger partial charge in [0.2, 0.25) is 0 Å². The molecule has 0 saturated carbocycles. The quantitative estimate of drug-likeness (QED) is 0.713. The van der Waals surface area contributed by atoms with E-state index in [2.05, 4.69) is 11.0 Å². The number of nitriles is 1. The summed E-state index contributed by atoms with van der Waals surface area (Å²) in [6.45, 7) is 1.46. The van der Waals surface area contributed by atoms with E-state index in [4.69, 9.17) is 10.5 Å². The number of hydrogen-bond donors (Lipinski definition) is 1. The number of rotatable bonds is 3. The SMILES string of the molecule is Cn1c(=O)c(C#N)c(N2CCC(Oc3ccc(N)cc3)CC2)c2ccccc21. The van der Waals surface area contributed by atoms with Gasteiger partial charge in [-0.15, -0.1) is 0 Å². The van der Waals surface area contributed by atoms with Crippen LogP contribution in [0.4, 0.5) is 11.4 Å². The molecule has 2 N–H and O–H groups in total. The lowest BCUT2D eigenvalue weighted by Crippen LogP contribution is -2.40. The number of nitrogens with zero attached hydrogens (tertiary/aromatic N) is 3. The molecule has 0 unspecified atom stereocenters. The van der Waals surface area contributed by atoms with Crippen LogP contribution in [-0.4, -0.2) is 23.8 Å². The summed E-state index contributed by atoms with van der Waals surface area (Å²) in [5.41, 5.74) is 7.97. The summed E-state index contributed by atoms with van der Waals surface area (Å²) in [5.74, 6) is 0.810. The van der Waals surface area contributed by atoms with Crippen molar-refractivity contribution in [1.29, 1.82) is 5.26 Å². The Morgan fingerprint density at radius 3 is 2.46 bits per heavy atom. The van der Waals surface area contributed by atoms with Crippen molar-refractivity contribution in [3.63, 3.8) is 0 Å². The van der Waals surface area contributed by atoms with E-state index in [1.165, 1.54) is 0 Å². The lowest BCUT2D eigenvalue weighted by molar-refractivity contribution is 0.171. The largest absolute Gasteiger partial charge is 0.490 e. The van der Waals surface area contributed by atoms with Crippen molar-refractivity contribution in [2.45, 2.75) is 18.9 Å². The number of piperidine rings is 1. The standard InChI is InChI=1S/C22H22N4O2/c1-25-20-5-3-2-4-18(20)21(19(14-23)22(25)27)26-12-10-17(11-13-26)28-16-8-6-15(24)7-9-16/h2-9,17H,10-13,24H2,1H3. The maximum absolute atomic E-state index is 12.7. The first-order valence-electron chi connectivity index (χ1n) is 9.37. The molecular formula is C22H22N4O2. The number of aryl methyl sites for hydroxylation is 1. The second-order valence-corrected chi connectivity index (χ2v) is 7.09. The summed E-state index contributed by atoms with van der Waals surface area (Å²) in [6, 6.07) is 17.3. The summed E-state index contributed by atoms with van der Waals surface area (Å²) in [6.07, 6.45) is 1.74. The summed E-state index contributed by atoms with van der Waals surface area (Å²) >= 11 is 0. The normalized spacial score (nSPS) is 14.8. The lowest BCUT2D eigenvalue weighted by Gasteiger charge is -2.35. The van der Waals surface area contributed by atoms with Gasteiger partial charge in [0, 0.05) is 44.1 Å². The molecule has 0 amide bonds. The smallest absolute Gasteiger partial charge is 0.270 e. The van der Waals surface area contributed by atoms with Gasteiger partial charge in [0.25, 0.3) is 5.56 Å². The fourth-order valence-corrected chi connectivity index (χ4v) is 3.84. The topological polar surface area (TPSA) is 84.3 Å². The minimum atomic E-state index is -0.253. The first-order chi connectivity index (χ1) is 13.6. The van der Waals surface area contributed by atoms with Crippen LogP contribution < -0.4 is 20.9 Å². The van der Waals surface area contributed by atoms with Crippen molar-refractivity contribution in [3.8, 4) is 11.8 Å². The Morgan fingerprint density at radius 1 is 1.11 bits per heavy atom. The van der Waals surface area contributed by atoms with E-state index in [1.54, 1.807) is 11.6 Å². The minimum Gasteiger partial charge on any atom is -0.490 e. The molecule has 1 fully saturated rings. The maximum atomic E-state index is 12.7. The van der Waals surface area contributed by atoms with Crippen LogP contribution in [0.1, 0.15) is 18.4 Å². The highest BCUT2D eigenvalue weighted by atomic mass is 16.5. The molecule has 1 saturated heterocycles. The zero-order chi connectivity index (χ0) is 19.7. The zero-order valence-corrected chi connectivity index (χ0v) is 15.8. The van der Waals surface area contributed by atoms with Gasteiger partial charge in [-0.05, 0) is 30.3 Å². The van der Waals surface area contributed by atoms with E-state index in [1.807, 2.05) is 48.5 Å². The van der Waals surface area contributed by atoms with Crippen molar-refractivity contribution in [1.82, 2.24) is 4.57 Å². The molecule has 0 spiro atoms. The van der Waals surface area contributed by atoms with E-state index >= 15 is 0 Å². The molecule has 1 aromatic heterocycles. The van der Waals surface area contributed by atoms with Crippen LogP contribution in [0, 0.1) is 11.3 Å². The molecule has 0 aliphatic carbocycles. The molecule has 3 aromatic rings. The van der Waals surface area contributed by atoms with Gasteiger partial charge < -0.3 is 19.9 Å². The fourth-order valence-electron chi connectivity index (χ4n) is 3.84. The molecule has 142 valence electrons. The Morgan fingerprint density at radius 2 is 1.79 bits per heavy atom. The van der Waals surface area contributed by atoms with E-state index in [9.17, 15) is 10.1 Å². The van der Waals surface area contributed by atoms with E-state index in [0.717, 1.165) is 48.3 Å². The molecular weight excluding hydrogens is 352 g/mol. The fraction of sp³-hybridized carbons (Fsp3) is 0.273. The number of nitrogens with two attached hydrogens (primary N) is 1. The van der Waals surface area contributed by atoms with Gasteiger partial charge in [0.1, 0.15) is 23.5 Å². The summed E-state index contributed by atoms with van der Waals surface area (Å²) in [7, 11) is 1.71. The molecule has 28 heavy (non-hydrogen) atoms. The highest BCUT2D eigenvalue weighted by Crippen LogP contribution is 2.31. The number of fused-ring (bicyclic) bond motifs is 1. The Bertz CT molecular complexity index is 1100. The maximum Gasteiger partial charge on any atom is 0.270 e. The van der Waals surface area contributed by atoms with Gasteiger partial charge in [-0.1, -0.05) is 18.2 Å². The molecule has 0 bridgehead atoms. The van der Waals surface area contributed by atoms with Gasteiger partial charge in [0.15, 0.2) is 0 Å². The summed E-state index contributed by atoms with van der Waals surface area (Å²) < 4.78 is 7.62. The van der Waals surface area contributed by atoms with Gasteiger partial charge in [-0.3, -0.25) is 4.79 Å². The molecule has 4 rings (SSSR count). The average molecular weight is 374 g/mol. The average Bonchev–Trinajstić information content (AvgIpc) is 2.73. The van der Waals surface area contributed by atoms with Crippen LogP contribution in [0.25, 0.3) is 10.9 Å². The predicted molar refractivity (Wildman–Crippen MR) is 111 cm³/mol. The third kappa shape index (κ3) is 3.16. The number of nitrogen functional groups attached to an aromatic ring is 1. The highest BCUT2D eigenvalue weighted by molar-refractivity contribution is 5.94. The highest BCUT2D eigenvalue weighted by Gasteiger charge is 2.26. The van der Waals surface area contributed by atoms with Crippen LogP contribution in [0.5, 0.6) is 5.75 Å². The van der Waals surface area contributed by atoms with E-state index in [-0.39, 0.29) is 17.2 Å². The van der Waals surface area contributed by atoms with Crippen LogP contribution in [0.15, 0.2) is 53.3 Å². The lowest BCUT2D eigenvalue weighted by atomic mass is 10.0. The second kappa shape index (κ2) is 7.28. The molecule has 1 aliphatic rings. The molecule has 6 heteroatoms. The number of ether oxygens (including phenoxy) is 1. The third-order valence-corrected chi connectivity index (χ3v) is 5.33. The van der Waals surface area contributed by atoms with Gasteiger partial charge >= 0.3 is 0 Å². The molecule has 6 nitrogen and oxygen atoms in total. The van der Waals surface area contributed by atoms with Crippen molar-refractivity contribution in [3.05, 3.63) is 64.4 Å². The van der Waals surface area contributed by atoms with Crippen LogP contribution >= 0.6 is 0 Å². The number of pyridine rings is 1. The van der Waals surface area contributed by atoms with Crippen LogP contribution in [-0.2, 0) is 7.05 Å². The third-order valence-electron chi connectivity index (χ3n) is 5.33. The molecule has 0 atom stereocenters. The van der Waals surface area contributed by atoms with E-state index < -0.39 is 0 Å². The number of para-hydroxylation sites is 1. The zero-order valence-electron chi connectivity index (χ0n) is 15.8. The van der Waals surface area contributed by atoms with Crippen LogP contribution in [0.2, 0.25) is 0 Å². The van der Waals surface area contributed by atoms with Crippen molar-refractivity contribution in [2.24, 2.45) is 7.05 Å². The monoisotopic (exact) mass is 374 g/mol. The Kier molecular flexibility index (Phi) is 4.66. The molecule has 2 aromatic carbocycles. The van der Waals surface area contributed by atoms with Crippen molar-refractivity contribution in [2.75, 3.05) is 23.7 Å². The number of benzene rings is 2. The number of anilines is 2. The van der Waals surface area contributed by atoms with Gasteiger partial charge in [-0.25, -0.2) is 0 Å². The second-order valence-electron chi connectivity index (χ2n) is 7.09. The number of aromatic nitrogens is 1. The summed E-state index contributed by atoms with van der Waals surface area (Å²) in [5, 5.41) is 10.6. The minimum absolute atomic E-state index is 0.100. The molecule has 2 heterocycles. The number of hydrogen-bond acceptors (Lipinski definition) is 5. The first-order valence-corrected chi connectivity index (χ1v) is 9.37. The van der Waals surface area contributed by atoms with E-state index in [0.29, 0.717) is 5.69 Å². The Hall–Kier alpha value is -3.46. The predicted octanol–water partition coefficient (Wildman–Crippen LogP) is 3.04. The summed E-state index contributed by atoms with van der Waals surface area (Å²) in [4.78, 5) is 14.8. The van der Waals surface area contributed by atoms with Gasteiger partial charge in [0.05, 0.1) is 11.2 Å².